The summed E-state index contributed by atoms with van der Waals surface area (Å²) in [6, 6.07) is 6.27. The van der Waals surface area contributed by atoms with Crippen LogP contribution in [0, 0.1) is 4.77 Å². The van der Waals surface area contributed by atoms with E-state index in [1.165, 1.54) is 4.88 Å². The van der Waals surface area contributed by atoms with Crippen LogP contribution in [0.4, 0.5) is 0 Å². The van der Waals surface area contributed by atoms with Gasteiger partial charge in [0.2, 0.25) is 0 Å². The van der Waals surface area contributed by atoms with E-state index in [4.69, 9.17) is 12.2 Å². The molecule has 3 rings (SSSR count). The number of fused-ring (bicyclic) bond motifs is 1. The van der Waals surface area contributed by atoms with E-state index in [1.807, 2.05) is 6.07 Å². The van der Waals surface area contributed by atoms with E-state index in [0.717, 1.165) is 27.0 Å². The highest BCUT2D eigenvalue weighted by Gasteiger charge is 2.24. The molecule has 0 saturated carbocycles. The predicted molar refractivity (Wildman–Crippen MR) is 90.0 cm³/mol. The third-order valence-corrected chi connectivity index (χ3v) is 5.31. The van der Waals surface area contributed by atoms with Gasteiger partial charge in [0.15, 0.2) is 10.4 Å². The molecule has 0 amide bonds. The second kappa shape index (κ2) is 5.09. The monoisotopic (exact) mass is 367 g/mol. The molecule has 1 N–H and O–H groups in total. The summed E-state index contributed by atoms with van der Waals surface area (Å²) in [5.74, 6) is 0. The first-order chi connectivity index (χ1) is 9.47. The number of imidazole rings is 1. The third-order valence-electron chi connectivity index (χ3n) is 3.32. The fourth-order valence-electron chi connectivity index (χ4n) is 2.30. The summed E-state index contributed by atoms with van der Waals surface area (Å²) in [4.78, 5) is 9.07. The normalized spacial score (nSPS) is 12.2. The Kier molecular flexibility index (Phi) is 3.56. The number of pyridine rings is 1. The number of aromatic nitrogens is 3. The number of aromatic amines is 1. The molecular formula is C14H14BrN3S2. The van der Waals surface area contributed by atoms with Crippen molar-refractivity contribution in [1.29, 1.82) is 0 Å². The zero-order valence-electron chi connectivity index (χ0n) is 11.2. The molecular weight excluding hydrogens is 354 g/mol. The van der Waals surface area contributed by atoms with Crippen molar-refractivity contribution >= 4 is 50.6 Å². The van der Waals surface area contributed by atoms with Gasteiger partial charge in [0.1, 0.15) is 0 Å². The van der Waals surface area contributed by atoms with Gasteiger partial charge in [-0.2, -0.15) is 0 Å². The van der Waals surface area contributed by atoms with E-state index in [2.05, 4.69) is 61.8 Å². The van der Waals surface area contributed by atoms with Crippen molar-refractivity contribution in [1.82, 2.24) is 14.5 Å². The number of hydrogen-bond donors (Lipinski definition) is 1. The molecule has 0 aliphatic carbocycles. The van der Waals surface area contributed by atoms with Crippen LogP contribution in [0.2, 0.25) is 0 Å². The van der Waals surface area contributed by atoms with Gasteiger partial charge in [-0.05, 0) is 45.7 Å². The van der Waals surface area contributed by atoms with Crippen molar-refractivity contribution in [3.63, 3.8) is 0 Å². The Morgan fingerprint density at radius 3 is 3.00 bits per heavy atom. The van der Waals surface area contributed by atoms with E-state index in [9.17, 15) is 0 Å². The molecule has 6 heteroatoms. The molecule has 0 radical (unpaired) electrons. The predicted octanol–water partition coefficient (Wildman–Crippen LogP) is 4.90. The van der Waals surface area contributed by atoms with Crippen LogP contribution in [-0.4, -0.2) is 14.5 Å². The van der Waals surface area contributed by atoms with Gasteiger partial charge < -0.3 is 9.55 Å². The largest absolute Gasteiger partial charge is 0.329 e. The maximum absolute atomic E-state index is 5.45. The lowest BCUT2D eigenvalue weighted by Crippen LogP contribution is -2.23. The molecule has 0 aliphatic heterocycles. The second-order valence-corrected chi connectivity index (χ2v) is 7.65. The number of H-pyrrole nitrogens is 1. The molecule has 0 atom stereocenters. The van der Waals surface area contributed by atoms with Gasteiger partial charge >= 0.3 is 0 Å². The molecule has 0 aliphatic rings. The highest BCUT2D eigenvalue weighted by atomic mass is 79.9. The molecule has 0 fully saturated rings. The smallest absolute Gasteiger partial charge is 0.179 e. The van der Waals surface area contributed by atoms with Crippen LogP contribution in [0.3, 0.4) is 0 Å². The zero-order chi connectivity index (χ0) is 14.3. The molecule has 104 valence electrons. The van der Waals surface area contributed by atoms with Gasteiger partial charge in [0.25, 0.3) is 0 Å². The van der Waals surface area contributed by atoms with E-state index in [1.54, 1.807) is 17.5 Å². The molecule has 20 heavy (non-hydrogen) atoms. The molecule has 3 nitrogen and oxygen atoms in total. The van der Waals surface area contributed by atoms with Gasteiger partial charge in [-0.3, -0.25) is 0 Å². The highest BCUT2D eigenvalue weighted by molar-refractivity contribution is 9.10. The third kappa shape index (κ3) is 2.47. The summed E-state index contributed by atoms with van der Waals surface area (Å²) in [5, 5.41) is 2.11. The Balaban J connectivity index is 2.07. The van der Waals surface area contributed by atoms with Crippen LogP contribution < -0.4 is 0 Å². The average molecular weight is 368 g/mol. The van der Waals surface area contributed by atoms with Gasteiger partial charge in [-0.25, -0.2) is 4.98 Å². The maximum atomic E-state index is 5.45. The summed E-state index contributed by atoms with van der Waals surface area (Å²) in [5.41, 5.74) is 1.89. The van der Waals surface area contributed by atoms with E-state index in [-0.39, 0.29) is 5.41 Å². The number of thiophene rings is 1. The fraction of sp³-hybridized carbons (Fsp3) is 0.286. The minimum Gasteiger partial charge on any atom is -0.329 e. The standard InChI is InChI=1S/C14H14BrN3S2/c1-14(2,11-4-3-5-20-11)8-18-12-10(17-13(18)19)6-9(15)7-16-12/h3-7H,8H2,1-2H3,(H,17,19). The molecule has 0 spiro atoms. The van der Waals surface area contributed by atoms with Crippen LogP contribution in [0.5, 0.6) is 0 Å². The van der Waals surface area contributed by atoms with Crippen molar-refractivity contribution in [3.05, 3.63) is 43.9 Å². The van der Waals surface area contributed by atoms with Crippen LogP contribution in [0.25, 0.3) is 11.2 Å². The topological polar surface area (TPSA) is 33.6 Å². The summed E-state index contributed by atoms with van der Waals surface area (Å²) in [7, 11) is 0. The van der Waals surface area contributed by atoms with Crippen molar-refractivity contribution < 1.29 is 0 Å². The summed E-state index contributed by atoms with van der Waals surface area (Å²) in [6.45, 7) is 5.28. The minimum absolute atomic E-state index is 0.0241. The summed E-state index contributed by atoms with van der Waals surface area (Å²) in [6.07, 6.45) is 1.81. The number of nitrogens with zero attached hydrogens (tertiary/aromatic N) is 2. The lowest BCUT2D eigenvalue weighted by molar-refractivity contribution is 0.445. The minimum atomic E-state index is 0.0241. The fourth-order valence-corrected chi connectivity index (χ4v) is 3.74. The van der Waals surface area contributed by atoms with Crippen molar-refractivity contribution in [2.45, 2.75) is 25.8 Å². The number of rotatable bonds is 3. The number of nitrogens with one attached hydrogen (secondary N) is 1. The maximum Gasteiger partial charge on any atom is 0.179 e. The van der Waals surface area contributed by atoms with Crippen LogP contribution in [0.15, 0.2) is 34.2 Å². The second-order valence-electron chi connectivity index (χ2n) is 5.40. The first-order valence-electron chi connectivity index (χ1n) is 6.25. The Bertz CT molecular complexity index is 800. The van der Waals surface area contributed by atoms with Gasteiger partial charge in [0, 0.05) is 27.5 Å². The summed E-state index contributed by atoms with van der Waals surface area (Å²) < 4.78 is 3.75. The molecule has 0 aromatic carbocycles. The summed E-state index contributed by atoms with van der Waals surface area (Å²) >= 11 is 10.7. The van der Waals surface area contributed by atoms with Crippen LogP contribution >= 0.6 is 39.5 Å². The Morgan fingerprint density at radius 1 is 1.50 bits per heavy atom. The Morgan fingerprint density at radius 2 is 2.30 bits per heavy atom. The first-order valence-corrected chi connectivity index (χ1v) is 8.33. The highest BCUT2D eigenvalue weighted by Crippen LogP contribution is 2.30. The van der Waals surface area contributed by atoms with Gasteiger partial charge in [0.05, 0.1) is 5.52 Å². The van der Waals surface area contributed by atoms with Crippen molar-refractivity contribution in [2.24, 2.45) is 0 Å². The molecule has 3 aromatic rings. The molecule has 0 unspecified atom stereocenters. The van der Waals surface area contributed by atoms with Crippen LogP contribution in [0.1, 0.15) is 18.7 Å². The molecule has 3 aromatic heterocycles. The van der Waals surface area contributed by atoms with E-state index < -0.39 is 0 Å². The van der Waals surface area contributed by atoms with Crippen LogP contribution in [-0.2, 0) is 12.0 Å². The Hall–Kier alpha value is -0.980. The van der Waals surface area contributed by atoms with Gasteiger partial charge in [-0.15, -0.1) is 11.3 Å². The molecule has 3 heterocycles. The quantitative estimate of drug-likeness (QED) is 0.668. The Labute approximate surface area is 134 Å². The molecule has 0 bridgehead atoms. The van der Waals surface area contributed by atoms with Crippen molar-refractivity contribution in [3.8, 4) is 0 Å². The zero-order valence-corrected chi connectivity index (χ0v) is 14.4. The lowest BCUT2D eigenvalue weighted by atomic mass is 9.91. The first kappa shape index (κ1) is 14.0. The SMILES string of the molecule is CC(C)(Cn1c(=S)[nH]c2cc(Br)cnc21)c1cccs1. The number of halogens is 1. The van der Waals surface area contributed by atoms with E-state index in [0.29, 0.717) is 0 Å². The van der Waals surface area contributed by atoms with Gasteiger partial charge in [-0.1, -0.05) is 19.9 Å². The van der Waals surface area contributed by atoms with Crippen molar-refractivity contribution in [2.75, 3.05) is 0 Å². The lowest BCUT2D eigenvalue weighted by Gasteiger charge is -2.23. The van der Waals surface area contributed by atoms with E-state index >= 15 is 0 Å². The number of hydrogen-bond acceptors (Lipinski definition) is 3. The average Bonchev–Trinajstić information content (AvgIpc) is 2.99. The molecule has 0 saturated heterocycles.